The zero-order valence-corrected chi connectivity index (χ0v) is 13.4. The molecule has 126 valence electrons. The number of piperidine rings is 1. The fourth-order valence-corrected chi connectivity index (χ4v) is 3.09. The first-order chi connectivity index (χ1) is 10.9. The molecule has 0 bridgehead atoms. The van der Waals surface area contributed by atoms with E-state index in [1.807, 2.05) is 0 Å². The van der Waals surface area contributed by atoms with Gasteiger partial charge in [0, 0.05) is 19.0 Å². The maximum atomic E-state index is 13.6. The van der Waals surface area contributed by atoms with Crippen molar-refractivity contribution in [3.63, 3.8) is 0 Å². The van der Waals surface area contributed by atoms with Gasteiger partial charge in [0.2, 0.25) is 5.91 Å². The molecular formula is C17H22FNO4. The first-order valence-electron chi connectivity index (χ1n) is 7.78. The van der Waals surface area contributed by atoms with Crippen molar-refractivity contribution in [1.82, 2.24) is 4.90 Å². The van der Waals surface area contributed by atoms with Crippen LogP contribution in [0.15, 0.2) is 18.2 Å². The Morgan fingerprint density at radius 2 is 2.17 bits per heavy atom. The van der Waals surface area contributed by atoms with E-state index in [1.165, 1.54) is 13.2 Å². The van der Waals surface area contributed by atoms with Gasteiger partial charge >= 0.3 is 5.97 Å². The number of rotatable bonds is 5. The summed E-state index contributed by atoms with van der Waals surface area (Å²) in [5.41, 5.74) is 0.719. The zero-order valence-electron chi connectivity index (χ0n) is 13.4. The number of methoxy groups -OCH3 is 1. The number of carboxylic acids is 1. The Morgan fingerprint density at radius 3 is 2.78 bits per heavy atom. The third-order valence-corrected chi connectivity index (χ3v) is 4.47. The molecule has 0 aromatic heterocycles. The molecule has 1 saturated heterocycles. The summed E-state index contributed by atoms with van der Waals surface area (Å²) in [4.78, 5) is 25.2. The van der Waals surface area contributed by atoms with E-state index in [4.69, 9.17) is 4.74 Å². The summed E-state index contributed by atoms with van der Waals surface area (Å²) in [6, 6.07) is 4.33. The molecule has 2 rings (SSSR count). The van der Waals surface area contributed by atoms with Crippen molar-refractivity contribution in [2.75, 3.05) is 13.7 Å². The Labute approximate surface area is 135 Å². The molecule has 1 amide bonds. The van der Waals surface area contributed by atoms with Gasteiger partial charge in [0.1, 0.15) is 0 Å². The number of nitrogens with zero attached hydrogens (tertiary/aromatic N) is 1. The van der Waals surface area contributed by atoms with Crippen LogP contribution >= 0.6 is 0 Å². The average molecular weight is 323 g/mol. The van der Waals surface area contributed by atoms with Crippen molar-refractivity contribution in [2.45, 2.75) is 38.6 Å². The normalized spacial score (nSPS) is 21.1. The van der Waals surface area contributed by atoms with Crippen LogP contribution in [-0.2, 0) is 16.0 Å². The number of amides is 1. The minimum absolute atomic E-state index is 0.0836. The Kier molecular flexibility index (Phi) is 5.58. The largest absolute Gasteiger partial charge is 0.494 e. The van der Waals surface area contributed by atoms with Crippen molar-refractivity contribution in [2.24, 2.45) is 5.92 Å². The van der Waals surface area contributed by atoms with Crippen LogP contribution in [-0.4, -0.2) is 41.6 Å². The molecule has 2 atom stereocenters. The van der Waals surface area contributed by atoms with Crippen molar-refractivity contribution < 1.29 is 23.8 Å². The summed E-state index contributed by atoms with van der Waals surface area (Å²) in [5, 5.41) is 9.20. The third-order valence-electron chi connectivity index (χ3n) is 4.47. The fraction of sp³-hybridized carbons (Fsp3) is 0.529. The van der Waals surface area contributed by atoms with E-state index in [0.29, 0.717) is 25.8 Å². The molecule has 1 aromatic carbocycles. The molecular weight excluding hydrogens is 301 g/mol. The molecule has 0 aliphatic carbocycles. The number of aliphatic carboxylic acids is 1. The van der Waals surface area contributed by atoms with Gasteiger partial charge in [0.05, 0.1) is 13.0 Å². The van der Waals surface area contributed by atoms with Crippen LogP contribution in [0.4, 0.5) is 4.39 Å². The number of hydrogen-bond acceptors (Lipinski definition) is 3. The van der Waals surface area contributed by atoms with Gasteiger partial charge in [0.25, 0.3) is 0 Å². The number of aryl methyl sites for hydroxylation is 1. The van der Waals surface area contributed by atoms with Crippen LogP contribution in [0.2, 0.25) is 0 Å². The lowest BCUT2D eigenvalue weighted by atomic mass is 9.90. The molecule has 1 heterocycles. The van der Waals surface area contributed by atoms with E-state index >= 15 is 0 Å². The predicted octanol–water partition coefficient (Wildman–Crippen LogP) is 2.48. The molecule has 0 spiro atoms. The number of halogens is 1. The van der Waals surface area contributed by atoms with E-state index < -0.39 is 17.7 Å². The van der Waals surface area contributed by atoms with Gasteiger partial charge in [-0.25, -0.2) is 4.39 Å². The smallest absolute Gasteiger partial charge is 0.308 e. The van der Waals surface area contributed by atoms with Crippen molar-refractivity contribution in [1.29, 1.82) is 0 Å². The van der Waals surface area contributed by atoms with E-state index in [0.717, 1.165) is 5.56 Å². The second-order valence-electron chi connectivity index (χ2n) is 5.88. The molecule has 1 fully saturated rings. The molecule has 1 aliphatic rings. The van der Waals surface area contributed by atoms with E-state index in [-0.39, 0.29) is 24.1 Å². The van der Waals surface area contributed by atoms with Crippen LogP contribution in [0, 0.1) is 11.7 Å². The quantitative estimate of drug-likeness (QED) is 0.904. The SMILES string of the molecule is COc1ccc(CCC(=O)N2CCC[C@H](C(=O)O)[C@@H]2C)cc1F. The van der Waals surface area contributed by atoms with Crippen LogP contribution in [0.3, 0.4) is 0 Å². The summed E-state index contributed by atoms with van der Waals surface area (Å²) in [5.74, 6) is -1.72. The standard InChI is InChI=1S/C17H22FNO4/c1-11-13(17(21)22)4-3-9-19(11)16(20)8-6-12-5-7-15(23-2)14(18)10-12/h5,7,10-11,13H,3-4,6,8-9H2,1-2H3,(H,21,22)/t11-,13-/m0/s1. The minimum atomic E-state index is -0.854. The van der Waals surface area contributed by atoms with Crippen molar-refractivity contribution in [3.05, 3.63) is 29.6 Å². The van der Waals surface area contributed by atoms with Gasteiger partial charge in [-0.2, -0.15) is 0 Å². The Hall–Kier alpha value is -2.11. The summed E-state index contributed by atoms with van der Waals surface area (Å²) in [7, 11) is 1.40. The minimum Gasteiger partial charge on any atom is -0.494 e. The highest BCUT2D eigenvalue weighted by atomic mass is 19.1. The maximum absolute atomic E-state index is 13.6. The van der Waals surface area contributed by atoms with Gasteiger partial charge in [-0.3, -0.25) is 9.59 Å². The highest BCUT2D eigenvalue weighted by Gasteiger charge is 2.34. The number of likely N-dealkylation sites (tertiary alicyclic amines) is 1. The third kappa shape index (κ3) is 4.00. The second kappa shape index (κ2) is 7.44. The maximum Gasteiger partial charge on any atom is 0.308 e. The van der Waals surface area contributed by atoms with Gasteiger partial charge in [-0.05, 0) is 43.9 Å². The van der Waals surface area contributed by atoms with Crippen LogP contribution < -0.4 is 4.74 Å². The summed E-state index contributed by atoms with van der Waals surface area (Å²) >= 11 is 0. The summed E-state index contributed by atoms with van der Waals surface area (Å²) in [6.07, 6.45) is 1.96. The highest BCUT2D eigenvalue weighted by molar-refractivity contribution is 5.79. The van der Waals surface area contributed by atoms with E-state index in [1.54, 1.807) is 24.0 Å². The second-order valence-corrected chi connectivity index (χ2v) is 5.88. The number of carboxylic acid groups (broad SMARTS) is 1. The predicted molar refractivity (Wildman–Crippen MR) is 82.8 cm³/mol. The van der Waals surface area contributed by atoms with Gasteiger partial charge < -0.3 is 14.7 Å². The molecule has 0 unspecified atom stereocenters. The molecule has 0 saturated carbocycles. The first-order valence-corrected chi connectivity index (χ1v) is 7.78. The Morgan fingerprint density at radius 1 is 1.43 bits per heavy atom. The van der Waals surface area contributed by atoms with Gasteiger partial charge in [0.15, 0.2) is 11.6 Å². The fourth-order valence-electron chi connectivity index (χ4n) is 3.09. The number of carbonyl (C=O) groups is 2. The topological polar surface area (TPSA) is 66.8 Å². The number of hydrogen-bond donors (Lipinski definition) is 1. The number of benzene rings is 1. The van der Waals surface area contributed by atoms with Crippen LogP contribution in [0.1, 0.15) is 31.7 Å². The van der Waals surface area contributed by atoms with Crippen molar-refractivity contribution >= 4 is 11.9 Å². The molecule has 1 N–H and O–H groups in total. The molecule has 23 heavy (non-hydrogen) atoms. The lowest BCUT2D eigenvalue weighted by molar-refractivity contribution is -0.149. The van der Waals surface area contributed by atoms with E-state index in [9.17, 15) is 19.1 Å². The van der Waals surface area contributed by atoms with Gasteiger partial charge in [-0.15, -0.1) is 0 Å². The lowest BCUT2D eigenvalue weighted by Crippen LogP contribution is -2.49. The molecule has 1 aromatic rings. The van der Waals surface area contributed by atoms with E-state index in [2.05, 4.69) is 0 Å². The first kappa shape index (κ1) is 17.2. The number of ether oxygens (including phenoxy) is 1. The zero-order chi connectivity index (χ0) is 17.0. The lowest BCUT2D eigenvalue weighted by Gasteiger charge is -2.37. The summed E-state index contributed by atoms with van der Waals surface area (Å²) in [6.45, 7) is 2.36. The Bertz CT molecular complexity index is 590. The van der Waals surface area contributed by atoms with Crippen LogP contribution in [0.5, 0.6) is 5.75 Å². The van der Waals surface area contributed by atoms with Crippen molar-refractivity contribution in [3.8, 4) is 5.75 Å². The van der Waals surface area contributed by atoms with Crippen LogP contribution in [0.25, 0.3) is 0 Å². The molecule has 5 nitrogen and oxygen atoms in total. The monoisotopic (exact) mass is 323 g/mol. The molecule has 1 aliphatic heterocycles. The van der Waals surface area contributed by atoms with Gasteiger partial charge in [-0.1, -0.05) is 6.07 Å². The summed E-state index contributed by atoms with van der Waals surface area (Å²) < 4.78 is 18.5. The number of carbonyl (C=O) groups excluding carboxylic acids is 1. The average Bonchev–Trinajstić information content (AvgIpc) is 2.52. The highest BCUT2D eigenvalue weighted by Crippen LogP contribution is 2.25. The molecule has 6 heteroatoms. The Balaban J connectivity index is 1.96. The molecule has 0 radical (unpaired) electrons.